The second-order valence-electron chi connectivity index (χ2n) is 6.82. The summed E-state index contributed by atoms with van der Waals surface area (Å²) in [5, 5.41) is 0. The van der Waals surface area contributed by atoms with Crippen molar-refractivity contribution in [2.75, 3.05) is 53.6 Å². The zero-order chi connectivity index (χ0) is 16.1. The number of piperidine rings is 1. The summed E-state index contributed by atoms with van der Waals surface area (Å²) in [5.74, 6) is 0.640. The Labute approximate surface area is 140 Å². The summed E-state index contributed by atoms with van der Waals surface area (Å²) < 4.78 is 11.0. The molecule has 1 aromatic carbocycles. The molecule has 1 aromatic rings. The minimum Gasteiger partial charge on any atom is -0.383 e. The molecule has 0 bridgehead atoms. The maximum Gasteiger partial charge on any atom is 0.0639 e. The summed E-state index contributed by atoms with van der Waals surface area (Å²) in [6.45, 7) is 6.47. The zero-order valence-corrected chi connectivity index (χ0v) is 14.5. The molecule has 23 heavy (non-hydrogen) atoms. The van der Waals surface area contributed by atoms with Gasteiger partial charge in [0.2, 0.25) is 0 Å². The van der Waals surface area contributed by atoms with Crippen molar-refractivity contribution in [2.45, 2.75) is 25.0 Å². The SMILES string of the molecule is COCCN1C[C@@H]2[C@@H](OC)CCN(CCc3ccccc3)[C@@H]2C1. The van der Waals surface area contributed by atoms with Gasteiger partial charge in [0.1, 0.15) is 0 Å². The lowest BCUT2D eigenvalue weighted by Crippen LogP contribution is -2.51. The highest BCUT2D eigenvalue weighted by atomic mass is 16.5. The topological polar surface area (TPSA) is 24.9 Å². The second kappa shape index (κ2) is 8.25. The molecule has 128 valence electrons. The Bertz CT molecular complexity index is 468. The third-order valence-corrected chi connectivity index (χ3v) is 5.50. The molecule has 2 heterocycles. The minimum atomic E-state index is 0.417. The third-order valence-electron chi connectivity index (χ3n) is 5.50. The average Bonchev–Trinajstić information content (AvgIpc) is 3.03. The molecule has 2 saturated heterocycles. The number of ether oxygens (including phenoxy) is 2. The van der Waals surface area contributed by atoms with Crippen LogP contribution in [0, 0.1) is 5.92 Å². The molecule has 4 heteroatoms. The van der Waals surface area contributed by atoms with Crippen LogP contribution in [0.1, 0.15) is 12.0 Å². The highest BCUT2D eigenvalue weighted by Crippen LogP contribution is 2.32. The molecular weight excluding hydrogens is 288 g/mol. The van der Waals surface area contributed by atoms with Crippen LogP contribution in [0.3, 0.4) is 0 Å². The molecule has 0 spiro atoms. The number of benzene rings is 1. The number of hydrogen-bond acceptors (Lipinski definition) is 4. The predicted octanol–water partition coefficient (Wildman–Crippen LogP) is 1.90. The maximum absolute atomic E-state index is 5.78. The first-order valence-electron chi connectivity index (χ1n) is 8.84. The molecule has 0 aromatic heterocycles. The largest absolute Gasteiger partial charge is 0.383 e. The highest BCUT2D eigenvalue weighted by Gasteiger charge is 2.43. The van der Waals surface area contributed by atoms with Gasteiger partial charge in [0.05, 0.1) is 12.7 Å². The molecule has 0 saturated carbocycles. The summed E-state index contributed by atoms with van der Waals surface area (Å²) in [7, 11) is 3.66. The molecule has 3 rings (SSSR count). The van der Waals surface area contributed by atoms with Gasteiger partial charge in [-0.15, -0.1) is 0 Å². The number of hydrogen-bond donors (Lipinski definition) is 0. The van der Waals surface area contributed by atoms with E-state index in [9.17, 15) is 0 Å². The molecule has 3 atom stereocenters. The van der Waals surface area contributed by atoms with Gasteiger partial charge in [0, 0.05) is 58.9 Å². The summed E-state index contributed by atoms with van der Waals surface area (Å²) in [4.78, 5) is 5.24. The van der Waals surface area contributed by atoms with Crippen LogP contribution in [-0.2, 0) is 15.9 Å². The van der Waals surface area contributed by atoms with Crippen molar-refractivity contribution in [3.05, 3.63) is 35.9 Å². The van der Waals surface area contributed by atoms with Crippen LogP contribution in [-0.4, -0.2) is 75.5 Å². The number of rotatable bonds is 7. The van der Waals surface area contributed by atoms with E-state index in [2.05, 4.69) is 40.1 Å². The summed E-state index contributed by atoms with van der Waals surface area (Å²) in [6.07, 6.45) is 2.71. The van der Waals surface area contributed by atoms with E-state index in [1.54, 1.807) is 7.11 Å². The maximum atomic E-state index is 5.78. The van der Waals surface area contributed by atoms with Gasteiger partial charge in [-0.05, 0) is 18.4 Å². The van der Waals surface area contributed by atoms with Crippen LogP contribution in [0.2, 0.25) is 0 Å². The molecule has 2 aliphatic heterocycles. The Balaban J connectivity index is 1.60. The fraction of sp³-hybridized carbons (Fsp3) is 0.684. The van der Waals surface area contributed by atoms with Crippen molar-refractivity contribution in [3.8, 4) is 0 Å². The fourth-order valence-corrected chi connectivity index (χ4v) is 4.21. The van der Waals surface area contributed by atoms with Crippen molar-refractivity contribution in [3.63, 3.8) is 0 Å². The van der Waals surface area contributed by atoms with E-state index in [-0.39, 0.29) is 0 Å². The van der Waals surface area contributed by atoms with Crippen LogP contribution in [0.15, 0.2) is 30.3 Å². The predicted molar refractivity (Wildman–Crippen MR) is 92.7 cm³/mol. The molecule has 0 amide bonds. The van der Waals surface area contributed by atoms with E-state index < -0.39 is 0 Å². The van der Waals surface area contributed by atoms with Gasteiger partial charge in [-0.2, -0.15) is 0 Å². The van der Waals surface area contributed by atoms with Crippen LogP contribution in [0.5, 0.6) is 0 Å². The van der Waals surface area contributed by atoms with Crippen molar-refractivity contribution < 1.29 is 9.47 Å². The Morgan fingerprint density at radius 1 is 1.09 bits per heavy atom. The minimum absolute atomic E-state index is 0.417. The number of fused-ring (bicyclic) bond motifs is 1. The Hall–Kier alpha value is -0.940. The Morgan fingerprint density at radius 3 is 2.65 bits per heavy atom. The molecular formula is C19H30N2O2. The van der Waals surface area contributed by atoms with Gasteiger partial charge in [-0.3, -0.25) is 9.80 Å². The first-order valence-corrected chi connectivity index (χ1v) is 8.84. The molecule has 4 nitrogen and oxygen atoms in total. The molecule has 0 N–H and O–H groups in total. The Morgan fingerprint density at radius 2 is 1.91 bits per heavy atom. The van der Waals surface area contributed by atoms with Gasteiger partial charge < -0.3 is 9.47 Å². The molecule has 2 aliphatic rings. The number of likely N-dealkylation sites (tertiary alicyclic amines) is 2. The van der Waals surface area contributed by atoms with Gasteiger partial charge in [0.15, 0.2) is 0 Å². The van der Waals surface area contributed by atoms with E-state index in [4.69, 9.17) is 9.47 Å². The van der Waals surface area contributed by atoms with Crippen molar-refractivity contribution in [1.82, 2.24) is 9.80 Å². The van der Waals surface area contributed by atoms with E-state index in [1.807, 2.05) is 7.11 Å². The second-order valence-corrected chi connectivity index (χ2v) is 6.82. The normalized spacial score (nSPS) is 28.9. The van der Waals surface area contributed by atoms with E-state index >= 15 is 0 Å². The molecule has 0 aliphatic carbocycles. The smallest absolute Gasteiger partial charge is 0.0639 e. The number of nitrogens with zero attached hydrogens (tertiary/aromatic N) is 2. The standard InChI is InChI=1S/C19H30N2O2/c1-22-13-12-20-14-17-18(15-20)21(11-9-19(17)23-2)10-8-16-6-4-3-5-7-16/h3-7,17-19H,8-15H2,1-2H3/t17-,18+,19-/m0/s1. The summed E-state index contributed by atoms with van der Waals surface area (Å²) in [6, 6.07) is 11.5. The first-order chi connectivity index (χ1) is 11.3. The first kappa shape index (κ1) is 16.9. The van der Waals surface area contributed by atoms with Gasteiger partial charge in [-0.1, -0.05) is 30.3 Å². The third kappa shape index (κ3) is 4.13. The van der Waals surface area contributed by atoms with Crippen molar-refractivity contribution >= 4 is 0 Å². The summed E-state index contributed by atoms with van der Waals surface area (Å²) >= 11 is 0. The van der Waals surface area contributed by atoms with Crippen LogP contribution < -0.4 is 0 Å². The van der Waals surface area contributed by atoms with E-state index in [0.717, 1.165) is 52.2 Å². The van der Waals surface area contributed by atoms with Gasteiger partial charge in [0.25, 0.3) is 0 Å². The highest BCUT2D eigenvalue weighted by molar-refractivity contribution is 5.15. The van der Waals surface area contributed by atoms with Crippen LogP contribution in [0.25, 0.3) is 0 Å². The van der Waals surface area contributed by atoms with Crippen molar-refractivity contribution in [1.29, 1.82) is 0 Å². The zero-order valence-electron chi connectivity index (χ0n) is 14.5. The molecule has 2 fully saturated rings. The Kier molecular flexibility index (Phi) is 6.06. The van der Waals surface area contributed by atoms with Crippen LogP contribution in [0.4, 0.5) is 0 Å². The van der Waals surface area contributed by atoms with Crippen LogP contribution >= 0.6 is 0 Å². The molecule has 0 radical (unpaired) electrons. The fourth-order valence-electron chi connectivity index (χ4n) is 4.21. The van der Waals surface area contributed by atoms with Crippen molar-refractivity contribution in [2.24, 2.45) is 5.92 Å². The van der Waals surface area contributed by atoms with E-state index in [1.165, 1.54) is 5.56 Å². The monoisotopic (exact) mass is 318 g/mol. The lowest BCUT2D eigenvalue weighted by molar-refractivity contribution is -0.0213. The van der Waals surface area contributed by atoms with Gasteiger partial charge in [-0.25, -0.2) is 0 Å². The lowest BCUT2D eigenvalue weighted by Gasteiger charge is -2.41. The van der Waals surface area contributed by atoms with Gasteiger partial charge >= 0.3 is 0 Å². The number of methoxy groups -OCH3 is 2. The quantitative estimate of drug-likeness (QED) is 0.767. The lowest BCUT2D eigenvalue weighted by atomic mass is 9.88. The average molecular weight is 318 g/mol. The summed E-state index contributed by atoms with van der Waals surface area (Å²) in [5.41, 5.74) is 1.44. The van der Waals surface area contributed by atoms with E-state index in [0.29, 0.717) is 18.1 Å². The molecule has 0 unspecified atom stereocenters.